The molecule has 62 valence electrons. The van der Waals surface area contributed by atoms with Crippen molar-refractivity contribution < 1.29 is 14.2 Å². The van der Waals surface area contributed by atoms with E-state index in [4.69, 9.17) is 14.2 Å². The van der Waals surface area contributed by atoms with Crippen molar-refractivity contribution in [3.8, 4) is 11.5 Å². The summed E-state index contributed by atoms with van der Waals surface area (Å²) in [5.41, 5.74) is 0. The van der Waals surface area contributed by atoms with Crippen LogP contribution in [0, 0.1) is 0 Å². The molecule has 0 amide bonds. The maximum Gasteiger partial charge on any atom is 0.321 e. The highest BCUT2D eigenvalue weighted by Gasteiger charge is 2.12. The number of fused-ring (bicyclic) bond motifs is 1. The summed E-state index contributed by atoms with van der Waals surface area (Å²) in [5, 5.41) is 0. The Bertz CT molecular complexity index is 317. The van der Waals surface area contributed by atoms with Gasteiger partial charge in [0.1, 0.15) is 0 Å². The van der Waals surface area contributed by atoms with Gasteiger partial charge < -0.3 is 14.2 Å². The first-order valence-corrected chi connectivity index (χ1v) is 3.58. The van der Waals surface area contributed by atoms with Gasteiger partial charge in [0.15, 0.2) is 17.8 Å². The van der Waals surface area contributed by atoms with E-state index in [1.54, 1.807) is 0 Å². The number of benzene rings is 1. The minimum Gasteiger partial charge on any atom is -0.466 e. The molecule has 1 aliphatic heterocycles. The first-order chi connectivity index (χ1) is 5.90. The second-order valence-corrected chi connectivity index (χ2v) is 2.31. The van der Waals surface area contributed by atoms with Gasteiger partial charge in [-0.25, -0.2) is 0 Å². The molecule has 0 bridgehead atoms. The molecule has 0 aromatic heterocycles. The second-order valence-electron chi connectivity index (χ2n) is 2.31. The molecule has 0 spiro atoms. The molecule has 0 saturated carbocycles. The van der Waals surface area contributed by atoms with Crippen LogP contribution in [0.25, 0.3) is 0 Å². The predicted molar refractivity (Wildman–Crippen MR) is 42.8 cm³/mol. The van der Waals surface area contributed by atoms with Gasteiger partial charge >= 0.3 is 5.95 Å². The van der Waals surface area contributed by atoms with Gasteiger partial charge in [0.05, 0.1) is 7.11 Å². The van der Waals surface area contributed by atoms with E-state index in [0.717, 1.165) is 0 Å². The van der Waals surface area contributed by atoms with Crippen molar-refractivity contribution in [2.75, 3.05) is 7.11 Å². The van der Waals surface area contributed by atoms with Crippen LogP contribution in [0.1, 0.15) is 0 Å². The maximum absolute atomic E-state index is 5.29. The molecule has 0 saturated heterocycles. The van der Waals surface area contributed by atoms with Crippen molar-refractivity contribution in [2.24, 2.45) is 0 Å². The molecule has 3 nitrogen and oxygen atoms in total. The first kappa shape index (κ1) is 7.03. The van der Waals surface area contributed by atoms with E-state index in [1.165, 1.54) is 13.4 Å². The van der Waals surface area contributed by atoms with Gasteiger partial charge in [-0.3, -0.25) is 0 Å². The number of ether oxygens (including phenoxy) is 3. The summed E-state index contributed by atoms with van der Waals surface area (Å²) in [7, 11) is 1.53. The van der Waals surface area contributed by atoms with Crippen molar-refractivity contribution >= 4 is 0 Å². The first-order valence-electron chi connectivity index (χ1n) is 3.58. The van der Waals surface area contributed by atoms with E-state index in [0.29, 0.717) is 17.4 Å². The van der Waals surface area contributed by atoms with Gasteiger partial charge in [-0.05, 0) is 12.1 Å². The molecule has 12 heavy (non-hydrogen) atoms. The quantitative estimate of drug-likeness (QED) is 0.634. The van der Waals surface area contributed by atoms with Crippen LogP contribution in [0.15, 0.2) is 36.5 Å². The van der Waals surface area contributed by atoms with Crippen molar-refractivity contribution in [1.29, 1.82) is 0 Å². The van der Waals surface area contributed by atoms with Crippen LogP contribution in [0.3, 0.4) is 0 Å². The number of methoxy groups -OCH3 is 1. The largest absolute Gasteiger partial charge is 0.466 e. The average Bonchev–Trinajstić information content (AvgIpc) is 2.17. The molecule has 0 unspecified atom stereocenters. The summed E-state index contributed by atoms with van der Waals surface area (Å²) in [4.78, 5) is 0. The maximum atomic E-state index is 5.29. The highest BCUT2D eigenvalue weighted by atomic mass is 16.7. The SMILES string of the molecule is COC1=COc2ccccc2O1. The Morgan fingerprint density at radius 1 is 1.17 bits per heavy atom. The lowest BCUT2D eigenvalue weighted by Crippen LogP contribution is -2.05. The molecule has 1 aromatic rings. The van der Waals surface area contributed by atoms with Crippen LogP contribution < -0.4 is 9.47 Å². The lowest BCUT2D eigenvalue weighted by Gasteiger charge is -2.15. The predicted octanol–water partition coefficient (Wildman–Crippen LogP) is 1.90. The molecule has 2 rings (SSSR count). The average molecular weight is 164 g/mol. The highest BCUT2D eigenvalue weighted by Crippen LogP contribution is 2.31. The topological polar surface area (TPSA) is 27.7 Å². The molecule has 1 aromatic carbocycles. The van der Waals surface area contributed by atoms with Gasteiger partial charge in [0.2, 0.25) is 0 Å². The fourth-order valence-corrected chi connectivity index (χ4v) is 0.966. The lowest BCUT2D eigenvalue weighted by atomic mass is 10.3. The second kappa shape index (κ2) is 2.77. The summed E-state index contributed by atoms with van der Waals surface area (Å²) < 4.78 is 15.4. The summed E-state index contributed by atoms with van der Waals surface area (Å²) >= 11 is 0. The van der Waals surface area contributed by atoms with Crippen molar-refractivity contribution in [3.05, 3.63) is 36.5 Å². The summed E-state index contributed by atoms with van der Waals surface area (Å²) in [5.74, 6) is 1.75. The third-order valence-electron chi connectivity index (χ3n) is 1.54. The Labute approximate surface area is 70.2 Å². The zero-order valence-corrected chi connectivity index (χ0v) is 6.61. The Balaban J connectivity index is 2.31. The summed E-state index contributed by atoms with van der Waals surface area (Å²) in [6.45, 7) is 0. The van der Waals surface area contributed by atoms with Gasteiger partial charge in [0, 0.05) is 0 Å². The summed E-state index contributed by atoms with van der Waals surface area (Å²) in [6.07, 6.45) is 1.43. The minimum atomic E-state index is 0.369. The van der Waals surface area contributed by atoms with E-state index in [2.05, 4.69) is 0 Å². The lowest BCUT2D eigenvalue weighted by molar-refractivity contribution is 0.124. The third-order valence-corrected chi connectivity index (χ3v) is 1.54. The number of para-hydroxylation sites is 2. The standard InChI is InChI=1S/C9H8O3/c1-10-9-6-11-7-4-2-3-5-8(7)12-9/h2-6H,1H3. The Morgan fingerprint density at radius 2 is 1.92 bits per heavy atom. The molecule has 1 aliphatic rings. The van der Waals surface area contributed by atoms with Crippen LogP contribution >= 0.6 is 0 Å². The van der Waals surface area contributed by atoms with E-state index in [9.17, 15) is 0 Å². The number of hydrogen-bond acceptors (Lipinski definition) is 3. The fraction of sp³-hybridized carbons (Fsp3) is 0.111. The molecule has 3 heteroatoms. The molecule has 0 N–H and O–H groups in total. The zero-order chi connectivity index (χ0) is 8.39. The van der Waals surface area contributed by atoms with E-state index < -0.39 is 0 Å². The number of rotatable bonds is 1. The van der Waals surface area contributed by atoms with Gasteiger partial charge in [0.25, 0.3) is 0 Å². The summed E-state index contributed by atoms with van der Waals surface area (Å²) in [6, 6.07) is 7.41. The smallest absolute Gasteiger partial charge is 0.321 e. The van der Waals surface area contributed by atoms with E-state index >= 15 is 0 Å². The molecule has 0 radical (unpaired) electrons. The van der Waals surface area contributed by atoms with E-state index in [-0.39, 0.29) is 0 Å². The van der Waals surface area contributed by atoms with Crippen LogP contribution in [-0.2, 0) is 4.74 Å². The molecular weight excluding hydrogens is 156 g/mol. The highest BCUT2D eigenvalue weighted by molar-refractivity contribution is 5.42. The molecular formula is C9H8O3. The molecule has 0 atom stereocenters. The van der Waals surface area contributed by atoms with Crippen molar-refractivity contribution in [2.45, 2.75) is 0 Å². The number of hydrogen-bond donors (Lipinski definition) is 0. The Kier molecular flexibility index (Phi) is 1.63. The van der Waals surface area contributed by atoms with Gasteiger partial charge in [-0.2, -0.15) is 0 Å². The third kappa shape index (κ3) is 1.09. The Morgan fingerprint density at radius 3 is 2.67 bits per heavy atom. The zero-order valence-electron chi connectivity index (χ0n) is 6.61. The minimum absolute atomic E-state index is 0.369. The molecule has 1 heterocycles. The fourth-order valence-electron chi connectivity index (χ4n) is 0.966. The molecule has 0 fully saturated rings. The van der Waals surface area contributed by atoms with Crippen molar-refractivity contribution in [3.63, 3.8) is 0 Å². The van der Waals surface area contributed by atoms with Crippen LogP contribution in [-0.4, -0.2) is 7.11 Å². The normalized spacial score (nSPS) is 13.6. The van der Waals surface area contributed by atoms with Crippen LogP contribution in [0.2, 0.25) is 0 Å². The van der Waals surface area contributed by atoms with Crippen molar-refractivity contribution in [1.82, 2.24) is 0 Å². The van der Waals surface area contributed by atoms with Crippen LogP contribution in [0.5, 0.6) is 11.5 Å². The monoisotopic (exact) mass is 164 g/mol. The molecule has 0 aliphatic carbocycles. The van der Waals surface area contributed by atoms with E-state index in [1.807, 2.05) is 24.3 Å². The Hall–Kier alpha value is -1.64. The van der Waals surface area contributed by atoms with Gasteiger partial charge in [-0.1, -0.05) is 12.1 Å². The van der Waals surface area contributed by atoms with Gasteiger partial charge in [-0.15, -0.1) is 0 Å². The van der Waals surface area contributed by atoms with Crippen LogP contribution in [0.4, 0.5) is 0 Å².